The van der Waals surface area contributed by atoms with Crippen LogP contribution in [0.5, 0.6) is 0 Å². The van der Waals surface area contributed by atoms with Crippen LogP contribution in [0.15, 0.2) is 53.0 Å². The van der Waals surface area contributed by atoms with Crippen LogP contribution in [0.2, 0.25) is 0 Å². The molecule has 0 bridgehead atoms. The van der Waals surface area contributed by atoms with Gasteiger partial charge in [-0.15, -0.1) is 0 Å². The zero-order valence-corrected chi connectivity index (χ0v) is 13.6. The summed E-state index contributed by atoms with van der Waals surface area (Å²) in [5.74, 6) is -0.174. The molecule has 0 aliphatic rings. The summed E-state index contributed by atoms with van der Waals surface area (Å²) in [6.07, 6.45) is 0. The number of likely N-dealkylation sites (N-methyl/N-ethyl adjacent to an activating group) is 1. The second-order valence-corrected chi connectivity index (χ2v) is 6.00. The molecule has 0 amide bonds. The van der Waals surface area contributed by atoms with Gasteiger partial charge >= 0.3 is 0 Å². The normalized spacial score (nSPS) is 12.4. The molecule has 0 heterocycles. The standard InChI is InChI=1S/C17H17BrFNO/c1-12(17(21)14-5-7-15(18)8-6-14)20(2)11-13-3-9-16(19)10-4-13/h3-10,12H,11H2,1-2H3. The van der Waals surface area contributed by atoms with Gasteiger partial charge in [0.25, 0.3) is 0 Å². The van der Waals surface area contributed by atoms with Crippen LogP contribution >= 0.6 is 15.9 Å². The van der Waals surface area contributed by atoms with E-state index in [1.807, 2.05) is 43.1 Å². The minimum atomic E-state index is -0.250. The number of halogens is 2. The SMILES string of the molecule is CC(C(=O)c1ccc(Br)cc1)N(C)Cc1ccc(F)cc1. The fourth-order valence-electron chi connectivity index (χ4n) is 2.07. The van der Waals surface area contributed by atoms with E-state index in [4.69, 9.17) is 0 Å². The minimum absolute atomic E-state index is 0.0760. The first-order valence-corrected chi connectivity index (χ1v) is 7.51. The van der Waals surface area contributed by atoms with Crippen molar-refractivity contribution >= 4 is 21.7 Å². The molecule has 0 saturated carbocycles. The molecule has 0 N–H and O–H groups in total. The van der Waals surface area contributed by atoms with Crippen molar-refractivity contribution in [3.8, 4) is 0 Å². The number of hydrogen-bond donors (Lipinski definition) is 0. The van der Waals surface area contributed by atoms with Gasteiger partial charge in [-0.2, -0.15) is 0 Å². The second-order valence-electron chi connectivity index (χ2n) is 5.09. The quantitative estimate of drug-likeness (QED) is 0.750. The summed E-state index contributed by atoms with van der Waals surface area (Å²) < 4.78 is 13.8. The van der Waals surface area contributed by atoms with Crippen LogP contribution in [0.25, 0.3) is 0 Å². The molecule has 0 aliphatic carbocycles. The molecule has 2 aromatic carbocycles. The first kappa shape index (κ1) is 15.9. The molecule has 21 heavy (non-hydrogen) atoms. The lowest BCUT2D eigenvalue weighted by atomic mass is 10.0. The van der Waals surface area contributed by atoms with Crippen LogP contribution in [-0.2, 0) is 6.54 Å². The summed E-state index contributed by atoms with van der Waals surface area (Å²) in [5, 5.41) is 0. The van der Waals surface area contributed by atoms with Gasteiger partial charge in [0.1, 0.15) is 5.82 Å². The highest BCUT2D eigenvalue weighted by Gasteiger charge is 2.19. The molecule has 0 aromatic heterocycles. The monoisotopic (exact) mass is 349 g/mol. The maximum atomic E-state index is 12.9. The van der Waals surface area contributed by atoms with Crippen molar-refractivity contribution in [2.75, 3.05) is 7.05 Å². The average molecular weight is 350 g/mol. The van der Waals surface area contributed by atoms with Crippen molar-refractivity contribution < 1.29 is 9.18 Å². The van der Waals surface area contributed by atoms with Gasteiger partial charge < -0.3 is 0 Å². The Bertz CT molecular complexity index is 610. The smallest absolute Gasteiger partial charge is 0.179 e. The van der Waals surface area contributed by atoms with Crippen LogP contribution in [0.3, 0.4) is 0 Å². The Morgan fingerprint density at radius 1 is 1.14 bits per heavy atom. The highest BCUT2D eigenvalue weighted by Crippen LogP contribution is 2.15. The Kier molecular flexibility index (Phi) is 5.26. The first-order valence-electron chi connectivity index (χ1n) is 6.72. The average Bonchev–Trinajstić information content (AvgIpc) is 2.49. The van der Waals surface area contributed by atoms with E-state index in [0.717, 1.165) is 10.0 Å². The van der Waals surface area contributed by atoms with E-state index in [0.29, 0.717) is 12.1 Å². The van der Waals surface area contributed by atoms with Crippen molar-refractivity contribution in [2.45, 2.75) is 19.5 Å². The van der Waals surface area contributed by atoms with Gasteiger partial charge in [-0.05, 0) is 43.8 Å². The summed E-state index contributed by atoms with van der Waals surface area (Å²) in [5.41, 5.74) is 1.67. The summed E-state index contributed by atoms with van der Waals surface area (Å²) in [6.45, 7) is 2.48. The molecule has 0 fully saturated rings. The first-order chi connectivity index (χ1) is 9.97. The predicted molar refractivity (Wildman–Crippen MR) is 85.8 cm³/mol. The van der Waals surface area contributed by atoms with Gasteiger partial charge in [0, 0.05) is 16.6 Å². The Hall–Kier alpha value is -1.52. The summed E-state index contributed by atoms with van der Waals surface area (Å²) >= 11 is 3.36. The van der Waals surface area contributed by atoms with E-state index >= 15 is 0 Å². The molecule has 0 spiro atoms. The molecule has 4 heteroatoms. The van der Waals surface area contributed by atoms with Crippen molar-refractivity contribution in [1.29, 1.82) is 0 Å². The van der Waals surface area contributed by atoms with E-state index < -0.39 is 0 Å². The number of Topliss-reactive ketones (excluding diaryl/α,β-unsaturated/α-hetero) is 1. The van der Waals surface area contributed by atoms with E-state index in [-0.39, 0.29) is 17.6 Å². The molecule has 110 valence electrons. The second kappa shape index (κ2) is 6.96. The van der Waals surface area contributed by atoms with Crippen LogP contribution in [-0.4, -0.2) is 23.8 Å². The maximum Gasteiger partial charge on any atom is 0.179 e. The Morgan fingerprint density at radius 3 is 2.29 bits per heavy atom. The van der Waals surface area contributed by atoms with E-state index in [9.17, 15) is 9.18 Å². The molecule has 0 saturated heterocycles. The van der Waals surface area contributed by atoms with Crippen LogP contribution in [0.1, 0.15) is 22.8 Å². The fourth-order valence-corrected chi connectivity index (χ4v) is 2.33. The number of hydrogen-bond acceptors (Lipinski definition) is 2. The van der Waals surface area contributed by atoms with Gasteiger partial charge in [-0.25, -0.2) is 4.39 Å². The van der Waals surface area contributed by atoms with E-state index in [1.165, 1.54) is 12.1 Å². The topological polar surface area (TPSA) is 20.3 Å². The van der Waals surface area contributed by atoms with Gasteiger partial charge in [-0.3, -0.25) is 9.69 Å². The van der Waals surface area contributed by atoms with Gasteiger partial charge in [0.2, 0.25) is 0 Å². The van der Waals surface area contributed by atoms with Gasteiger partial charge in [-0.1, -0.05) is 40.2 Å². The van der Waals surface area contributed by atoms with Gasteiger partial charge in [0.05, 0.1) is 6.04 Å². The van der Waals surface area contributed by atoms with Crippen LogP contribution in [0, 0.1) is 5.82 Å². The number of carbonyl (C=O) groups is 1. The number of nitrogens with zero attached hydrogens (tertiary/aromatic N) is 1. The number of carbonyl (C=O) groups excluding carboxylic acids is 1. The largest absolute Gasteiger partial charge is 0.292 e. The molecule has 2 nitrogen and oxygen atoms in total. The van der Waals surface area contributed by atoms with Crippen LogP contribution in [0.4, 0.5) is 4.39 Å². The molecule has 0 aliphatic heterocycles. The van der Waals surface area contributed by atoms with E-state index in [1.54, 1.807) is 12.1 Å². The Morgan fingerprint density at radius 2 is 1.71 bits per heavy atom. The summed E-state index contributed by atoms with van der Waals surface area (Å²) in [7, 11) is 1.89. The molecule has 2 aromatic rings. The van der Waals surface area contributed by atoms with Crippen LogP contribution < -0.4 is 0 Å². The van der Waals surface area contributed by atoms with Crippen molar-refractivity contribution in [1.82, 2.24) is 4.90 Å². The number of rotatable bonds is 5. The maximum absolute atomic E-state index is 12.9. The lowest BCUT2D eigenvalue weighted by Gasteiger charge is -2.23. The summed E-state index contributed by atoms with van der Waals surface area (Å²) in [6, 6.07) is 13.5. The third-order valence-corrected chi connectivity index (χ3v) is 4.04. The molecule has 1 unspecified atom stereocenters. The predicted octanol–water partition coefficient (Wildman–Crippen LogP) is 4.29. The fraction of sp³-hybridized carbons (Fsp3) is 0.235. The van der Waals surface area contributed by atoms with Crippen molar-refractivity contribution in [2.24, 2.45) is 0 Å². The summed E-state index contributed by atoms with van der Waals surface area (Å²) in [4.78, 5) is 14.4. The molecular weight excluding hydrogens is 333 g/mol. The zero-order chi connectivity index (χ0) is 15.4. The molecule has 2 rings (SSSR count). The van der Waals surface area contributed by atoms with E-state index in [2.05, 4.69) is 15.9 Å². The highest BCUT2D eigenvalue weighted by atomic mass is 79.9. The van der Waals surface area contributed by atoms with Gasteiger partial charge in [0.15, 0.2) is 5.78 Å². The lowest BCUT2D eigenvalue weighted by Crippen LogP contribution is -2.35. The zero-order valence-electron chi connectivity index (χ0n) is 12.0. The Balaban J connectivity index is 2.04. The highest BCUT2D eigenvalue weighted by molar-refractivity contribution is 9.10. The number of ketones is 1. The molecular formula is C17H17BrFNO. The van der Waals surface area contributed by atoms with Crippen molar-refractivity contribution in [3.05, 3.63) is 69.9 Å². The minimum Gasteiger partial charge on any atom is -0.292 e. The Labute approximate surface area is 132 Å². The molecule has 1 atom stereocenters. The molecule has 0 radical (unpaired) electrons. The third-order valence-electron chi connectivity index (χ3n) is 3.51. The lowest BCUT2D eigenvalue weighted by molar-refractivity contribution is 0.0862. The number of benzene rings is 2. The van der Waals surface area contributed by atoms with Crippen molar-refractivity contribution in [3.63, 3.8) is 0 Å². The third kappa shape index (κ3) is 4.22.